The minimum Gasteiger partial charge on any atom is -0.481 e. The van der Waals surface area contributed by atoms with Crippen LogP contribution >= 0.6 is 34.8 Å². The van der Waals surface area contributed by atoms with Crippen LogP contribution in [0.4, 0.5) is 5.69 Å². The normalized spacial score (nSPS) is 10.9. The molecule has 148 valence electrons. The smallest absolute Gasteiger partial charge is 0.291 e. The van der Waals surface area contributed by atoms with E-state index in [0.717, 1.165) is 22.4 Å². The molecule has 0 aliphatic heterocycles. The lowest BCUT2D eigenvalue weighted by Crippen LogP contribution is -2.21. The quantitative estimate of drug-likeness (QED) is 0.622. The molecule has 0 spiro atoms. The Kier molecular flexibility index (Phi) is 6.17. The first-order valence-electron chi connectivity index (χ1n) is 8.43. The first-order chi connectivity index (χ1) is 13.4. The van der Waals surface area contributed by atoms with E-state index in [1.807, 2.05) is 14.0 Å². The number of nitrogens with one attached hydrogen (secondary N) is 1. The fourth-order valence-corrected chi connectivity index (χ4v) is 3.38. The van der Waals surface area contributed by atoms with E-state index in [1.54, 1.807) is 30.0 Å². The molecule has 1 N–H and O–H groups in total. The van der Waals surface area contributed by atoms with E-state index >= 15 is 0 Å². The van der Waals surface area contributed by atoms with E-state index in [-0.39, 0.29) is 10.0 Å². The van der Waals surface area contributed by atoms with Crippen LogP contribution in [0.1, 0.15) is 18.2 Å². The molecular formula is C18H18Cl3N5O2. The van der Waals surface area contributed by atoms with Gasteiger partial charge in [0.15, 0.2) is 0 Å². The Morgan fingerprint density at radius 3 is 2.61 bits per heavy atom. The molecule has 0 saturated carbocycles. The Balaban J connectivity index is 1.87. The van der Waals surface area contributed by atoms with Gasteiger partial charge in [0, 0.05) is 13.6 Å². The number of ether oxygens (including phenoxy) is 1. The molecule has 0 radical (unpaired) electrons. The number of halogens is 3. The average molecular weight is 443 g/mol. The summed E-state index contributed by atoms with van der Waals surface area (Å²) in [6.07, 6.45) is 2.10. The summed E-state index contributed by atoms with van der Waals surface area (Å²) in [4.78, 5) is 12.2. The summed E-state index contributed by atoms with van der Waals surface area (Å²) in [5.74, 6) is 0.698. The minimum atomic E-state index is -0.515. The van der Waals surface area contributed by atoms with Crippen LogP contribution in [0.5, 0.6) is 5.88 Å². The number of benzene rings is 1. The highest BCUT2D eigenvalue weighted by atomic mass is 35.5. The van der Waals surface area contributed by atoms with Crippen LogP contribution in [0.2, 0.25) is 15.1 Å². The molecule has 0 atom stereocenters. The summed E-state index contributed by atoms with van der Waals surface area (Å²) in [5.41, 5.74) is 2.58. The molecule has 0 saturated heterocycles. The lowest BCUT2D eigenvalue weighted by atomic mass is 10.2. The Morgan fingerprint density at radius 1 is 1.21 bits per heavy atom. The maximum Gasteiger partial charge on any atom is 0.291 e. The molecule has 3 rings (SSSR count). The largest absolute Gasteiger partial charge is 0.481 e. The topological polar surface area (TPSA) is 74.0 Å². The van der Waals surface area contributed by atoms with E-state index in [2.05, 4.69) is 15.5 Å². The molecule has 0 aliphatic rings. The van der Waals surface area contributed by atoms with Crippen molar-refractivity contribution in [1.29, 1.82) is 0 Å². The predicted octanol–water partition coefficient (Wildman–Crippen LogP) is 4.11. The molecule has 0 fully saturated rings. The van der Waals surface area contributed by atoms with Gasteiger partial charge in [-0.1, -0.05) is 41.7 Å². The Hall–Kier alpha value is -2.22. The average Bonchev–Trinajstić information content (AvgIpc) is 2.99. The van der Waals surface area contributed by atoms with Crippen molar-refractivity contribution in [2.75, 3.05) is 12.4 Å². The van der Waals surface area contributed by atoms with Crippen molar-refractivity contribution in [3.8, 4) is 11.6 Å². The van der Waals surface area contributed by atoms with Crippen molar-refractivity contribution in [2.24, 2.45) is 7.05 Å². The molecule has 28 heavy (non-hydrogen) atoms. The summed E-state index contributed by atoms with van der Waals surface area (Å²) in [7, 11) is 3.45. The molecule has 7 nitrogen and oxygen atoms in total. The van der Waals surface area contributed by atoms with E-state index in [4.69, 9.17) is 39.5 Å². The van der Waals surface area contributed by atoms with Crippen molar-refractivity contribution >= 4 is 40.5 Å². The number of aromatic nitrogens is 4. The van der Waals surface area contributed by atoms with E-state index < -0.39 is 5.56 Å². The van der Waals surface area contributed by atoms with Crippen LogP contribution in [0.15, 0.2) is 29.2 Å². The van der Waals surface area contributed by atoms with Gasteiger partial charge in [0.25, 0.3) is 5.56 Å². The third-order valence-corrected chi connectivity index (χ3v) is 5.29. The van der Waals surface area contributed by atoms with Crippen molar-refractivity contribution in [3.05, 3.63) is 61.1 Å². The molecule has 0 amide bonds. The fraction of sp³-hybridized carbons (Fsp3) is 0.278. The monoisotopic (exact) mass is 441 g/mol. The minimum absolute atomic E-state index is 0.0919. The highest BCUT2D eigenvalue weighted by Crippen LogP contribution is 2.28. The standard InChI is InChI=1S/C18H18Cl3N5O2/c1-4-14-11(18(28-3)25(2)24-14)8-22-15-6-5-10(7-12(15)19)26-17(27)16(21)13(20)9-23-26/h5-7,9,22H,4,8H2,1-3H3. The first kappa shape index (κ1) is 20.5. The van der Waals surface area contributed by atoms with Gasteiger partial charge in [-0.3, -0.25) is 4.79 Å². The summed E-state index contributed by atoms with van der Waals surface area (Å²) in [6, 6.07) is 5.11. The SMILES string of the molecule is CCc1nn(C)c(OC)c1CNc1ccc(-n2ncc(Cl)c(Cl)c2=O)cc1Cl. The maximum absolute atomic E-state index is 12.2. The summed E-state index contributed by atoms with van der Waals surface area (Å²) >= 11 is 18.1. The summed E-state index contributed by atoms with van der Waals surface area (Å²) in [5, 5.41) is 12.2. The van der Waals surface area contributed by atoms with Crippen LogP contribution in [-0.2, 0) is 20.0 Å². The Labute approximate surface area is 176 Å². The van der Waals surface area contributed by atoms with E-state index in [9.17, 15) is 4.79 Å². The number of rotatable bonds is 6. The molecule has 1 aromatic carbocycles. The van der Waals surface area contributed by atoms with E-state index in [1.165, 1.54) is 6.20 Å². The van der Waals surface area contributed by atoms with Gasteiger partial charge in [-0.05, 0) is 24.6 Å². The molecule has 0 aliphatic carbocycles. The van der Waals surface area contributed by atoms with Gasteiger partial charge in [0.1, 0.15) is 5.02 Å². The van der Waals surface area contributed by atoms with Gasteiger partial charge in [0.2, 0.25) is 5.88 Å². The van der Waals surface area contributed by atoms with Gasteiger partial charge in [-0.2, -0.15) is 14.9 Å². The Morgan fingerprint density at radius 2 is 1.96 bits per heavy atom. The highest BCUT2D eigenvalue weighted by molar-refractivity contribution is 6.41. The number of anilines is 1. The van der Waals surface area contributed by atoms with Gasteiger partial charge in [0.05, 0.1) is 46.0 Å². The third-order valence-electron chi connectivity index (χ3n) is 4.23. The summed E-state index contributed by atoms with van der Waals surface area (Å²) < 4.78 is 8.30. The Bertz CT molecular complexity index is 1080. The van der Waals surface area contributed by atoms with Crippen LogP contribution in [0, 0.1) is 0 Å². The summed E-state index contributed by atoms with van der Waals surface area (Å²) in [6.45, 7) is 2.53. The van der Waals surface area contributed by atoms with Crippen molar-refractivity contribution in [3.63, 3.8) is 0 Å². The third kappa shape index (κ3) is 3.83. The molecule has 3 aromatic rings. The second-order valence-electron chi connectivity index (χ2n) is 5.95. The number of hydrogen-bond acceptors (Lipinski definition) is 5. The van der Waals surface area contributed by atoms with Gasteiger partial charge in [-0.25, -0.2) is 4.68 Å². The molecule has 0 bridgehead atoms. The van der Waals surface area contributed by atoms with E-state index in [0.29, 0.717) is 28.8 Å². The second kappa shape index (κ2) is 8.43. The second-order valence-corrected chi connectivity index (χ2v) is 7.15. The fourth-order valence-electron chi connectivity index (χ4n) is 2.88. The number of methoxy groups -OCH3 is 1. The van der Waals surface area contributed by atoms with Crippen LogP contribution in [0.25, 0.3) is 5.69 Å². The predicted molar refractivity (Wildman–Crippen MR) is 111 cm³/mol. The zero-order chi connectivity index (χ0) is 20.4. The zero-order valence-corrected chi connectivity index (χ0v) is 17.7. The first-order valence-corrected chi connectivity index (χ1v) is 9.56. The number of hydrogen-bond donors (Lipinski definition) is 1. The van der Waals surface area contributed by atoms with Gasteiger partial charge < -0.3 is 10.1 Å². The van der Waals surface area contributed by atoms with Crippen molar-refractivity contribution < 1.29 is 4.74 Å². The van der Waals surface area contributed by atoms with Gasteiger partial charge >= 0.3 is 0 Å². The van der Waals surface area contributed by atoms with Crippen molar-refractivity contribution in [2.45, 2.75) is 19.9 Å². The van der Waals surface area contributed by atoms with Crippen LogP contribution < -0.4 is 15.6 Å². The van der Waals surface area contributed by atoms with Crippen LogP contribution in [-0.4, -0.2) is 26.7 Å². The molecule has 10 heteroatoms. The molecule has 2 heterocycles. The highest BCUT2D eigenvalue weighted by Gasteiger charge is 2.16. The maximum atomic E-state index is 12.2. The molecular weight excluding hydrogens is 425 g/mol. The number of nitrogens with zero attached hydrogens (tertiary/aromatic N) is 4. The lowest BCUT2D eigenvalue weighted by molar-refractivity contribution is 0.370. The zero-order valence-electron chi connectivity index (χ0n) is 15.5. The van der Waals surface area contributed by atoms with Gasteiger partial charge in [-0.15, -0.1) is 0 Å². The molecule has 2 aromatic heterocycles. The number of aryl methyl sites for hydroxylation is 2. The van der Waals surface area contributed by atoms with Crippen molar-refractivity contribution in [1.82, 2.24) is 19.6 Å². The lowest BCUT2D eigenvalue weighted by Gasteiger charge is -2.12. The van der Waals surface area contributed by atoms with Crippen LogP contribution in [0.3, 0.4) is 0 Å². The molecule has 0 unspecified atom stereocenters.